The molecule has 1 saturated heterocycles. The highest BCUT2D eigenvalue weighted by Crippen LogP contribution is 2.28. The molecule has 35 heavy (non-hydrogen) atoms. The Morgan fingerprint density at radius 2 is 1.71 bits per heavy atom. The smallest absolute Gasteiger partial charge is 0.316 e. The minimum atomic E-state index is -0.283. The molecule has 0 bridgehead atoms. The summed E-state index contributed by atoms with van der Waals surface area (Å²) in [5.74, 6) is 0.295. The number of anilines is 1. The number of hydrogen-bond acceptors (Lipinski definition) is 6. The zero-order valence-electron chi connectivity index (χ0n) is 20.0. The van der Waals surface area contributed by atoms with Crippen LogP contribution in [0.1, 0.15) is 18.1 Å². The first-order valence-corrected chi connectivity index (χ1v) is 12.5. The van der Waals surface area contributed by atoms with Crippen molar-refractivity contribution in [1.82, 2.24) is 14.7 Å². The van der Waals surface area contributed by atoms with Crippen molar-refractivity contribution >= 4 is 28.9 Å². The van der Waals surface area contributed by atoms with Crippen molar-refractivity contribution in [3.05, 3.63) is 80.2 Å². The molecule has 0 spiro atoms. The Morgan fingerprint density at radius 3 is 2.40 bits per heavy atom. The number of benzene rings is 2. The quantitative estimate of drug-likeness (QED) is 0.387. The molecule has 0 N–H and O–H groups in total. The molecule has 186 valence electrons. The number of rotatable bonds is 9. The van der Waals surface area contributed by atoms with Gasteiger partial charge in [-0.25, -0.2) is 0 Å². The summed E-state index contributed by atoms with van der Waals surface area (Å²) in [6.45, 7) is 8.92. The highest BCUT2D eigenvalue weighted by atomic mass is 35.5. The van der Waals surface area contributed by atoms with Crippen LogP contribution in [0.15, 0.2) is 53.5 Å². The van der Waals surface area contributed by atoms with E-state index in [1.165, 1.54) is 4.68 Å². The van der Waals surface area contributed by atoms with E-state index in [-0.39, 0.29) is 5.56 Å². The van der Waals surface area contributed by atoms with Gasteiger partial charge in [0, 0.05) is 54.9 Å². The molecule has 4 rings (SSSR count). The maximum atomic E-state index is 13.5. The first-order valence-electron chi connectivity index (χ1n) is 11.8. The molecule has 2 aromatic carbocycles. The Hall–Kier alpha value is -2.58. The molecule has 0 atom stereocenters. The van der Waals surface area contributed by atoms with Crippen LogP contribution >= 0.6 is 23.2 Å². The number of ether oxygens (including phenoxy) is 2. The molecule has 3 aromatic rings. The molecule has 1 aliphatic rings. The maximum absolute atomic E-state index is 13.5. The molecule has 2 heterocycles. The van der Waals surface area contributed by atoms with Gasteiger partial charge >= 0.3 is 5.56 Å². The number of aromatic nitrogens is 2. The van der Waals surface area contributed by atoms with Crippen LogP contribution in [-0.4, -0.2) is 60.7 Å². The highest BCUT2D eigenvalue weighted by Gasteiger charge is 2.24. The Kier molecular flexibility index (Phi) is 8.68. The monoisotopic (exact) mass is 516 g/mol. The van der Waals surface area contributed by atoms with Crippen molar-refractivity contribution in [3.63, 3.8) is 0 Å². The van der Waals surface area contributed by atoms with Gasteiger partial charge in [0.25, 0.3) is 0 Å². The van der Waals surface area contributed by atoms with E-state index in [9.17, 15) is 4.79 Å². The fourth-order valence-corrected chi connectivity index (χ4v) is 4.65. The lowest BCUT2D eigenvalue weighted by atomic mass is 10.2. The molecule has 1 fully saturated rings. The Balaban J connectivity index is 1.54. The van der Waals surface area contributed by atoms with Gasteiger partial charge in [0.05, 0.1) is 18.5 Å². The molecule has 0 unspecified atom stereocenters. The third-order valence-electron chi connectivity index (χ3n) is 6.00. The fourth-order valence-electron chi connectivity index (χ4n) is 4.13. The van der Waals surface area contributed by atoms with Crippen molar-refractivity contribution in [3.8, 4) is 11.4 Å². The van der Waals surface area contributed by atoms with Gasteiger partial charge in [-0.1, -0.05) is 41.4 Å². The van der Waals surface area contributed by atoms with E-state index in [4.69, 9.17) is 32.7 Å². The number of hydrogen-bond donors (Lipinski definition) is 0. The SMILES string of the molecule is CCOCCOc1c(N2CCN(Cc3c(Cl)cccc3Cl)CC2)cnn(-c2cccc(C)c2)c1=O. The molecule has 1 aromatic heterocycles. The van der Waals surface area contributed by atoms with Crippen LogP contribution in [0.4, 0.5) is 5.69 Å². The highest BCUT2D eigenvalue weighted by molar-refractivity contribution is 6.35. The number of aryl methyl sites for hydroxylation is 1. The molecular weight excluding hydrogens is 487 g/mol. The minimum Gasteiger partial charge on any atom is -0.484 e. The van der Waals surface area contributed by atoms with Gasteiger partial charge in [0.2, 0.25) is 5.75 Å². The summed E-state index contributed by atoms with van der Waals surface area (Å²) in [6, 6.07) is 13.3. The molecule has 0 saturated carbocycles. The van der Waals surface area contributed by atoms with Crippen molar-refractivity contribution in [1.29, 1.82) is 0 Å². The van der Waals surface area contributed by atoms with Crippen LogP contribution in [0.25, 0.3) is 5.69 Å². The molecule has 0 radical (unpaired) electrons. The normalized spacial score (nSPS) is 14.3. The summed E-state index contributed by atoms with van der Waals surface area (Å²) in [6.07, 6.45) is 1.72. The standard InChI is InChI=1S/C26H30Cl2N4O3/c1-3-34-14-15-35-25-24(17-29-32(26(25)33)20-7-4-6-19(2)16-20)31-12-10-30(11-13-31)18-21-22(27)8-5-9-23(21)28/h4-9,16-17H,3,10-15,18H2,1-2H3. The van der Waals surface area contributed by atoms with Gasteiger partial charge in [-0.3, -0.25) is 9.69 Å². The molecular formula is C26H30Cl2N4O3. The van der Waals surface area contributed by atoms with E-state index in [1.54, 1.807) is 6.20 Å². The average Bonchev–Trinajstić information content (AvgIpc) is 2.85. The Morgan fingerprint density at radius 1 is 1.00 bits per heavy atom. The predicted octanol–water partition coefficient (Wildman–Crippen LogP) is 4.59. The van der Waals surface area contributed by atoms with E-state index < -0.39 is 0 Å². The van der Waals surface area contributed by atoms with Gasteiger partial charge < -0.3 is 14.4 Å². The predicted molar refractivity (Wildman–Crippen MR) is 141 cm³/mol. The summed E-state index contributed by atoms with van der Waals surface area (Å²) in [4.78, 5) is 17.9. The van der Waals surface area contributed by atoms with Crippen LogP contribution in [0.5, 0.6) is 5.75 Å². The van der Waals surface area contributed by atoms with Crippen LogP contribution < -0.4 is 15.2 Å². The molecule has 0 aliphatic carbocycles. The number of halogens is 2. The lowest BCUT2D eigenvalue weighted by Crippen LogP contribution is -2.46. The molecule has 1 aliphatic heterocycles. The summed E-state index contributed by atoms with van der Waals surface area (Å²) in [7, 11) is 0. The third-order valence-corrected chi connectivity index (χ3v) is 6.70. The fraction of sp³-hybridized carbons (Fsp3) is 0.385. The van der Waals surface area contributed by atoms with Crippen molar-refractivity contribution in [2.24, 2.45) is 0 Å². The molecule has 7 nitrogen and oxygen atoms in total. The van der Waals surface area contributed by atoms with Crippen LogP contribution in [0.3, 0.4) is 0 Å². The Bertz CT molecular complexity index is 1190. The zero-order valence-corrected chi connectivity index (χ0v) is 21.6. The summed E-state index contributed by atoms with van der Waals surface area (Å²) in [5.41, 5.74) is 3.11. The second-order valence-electron chi connectivity index (χ2n) is 8.42. The van der Waals surface area contributed by atoms with Gasteiger partial charge in [-0.2, -0.15) is 9.78 Å². The Labute approximate surface area is 215 Å². The van der Waals surface area contributed by atoms with E-state index in [0.717, 1.165) is 37.3 Å². The van der Waals surface area contributed by atoms with Gasteiger partial charge in [-0.15, -0.1) is 0 Å². The van der Waals surface area contributed by atoms with Gasteiger partial charge in [-0.05, 0) is 43.7 Å². The second-order valence-corrected chi connectivity index (χ2v) is 9.24. The van der Waals surface area contributed by atoms with E-state index in [1.807, 2.05) is 56.3 Å². The first-order chi connectivity index (χ1) is 17.0. The summed E-state index contributed by atoms with van der Waals surface area (Å²) < 4.78 is 12.8. The average molecular weight is 517 g/mol. The lowest BCUT2D eigenvalue weighted by molar-refractivity contribution is 0.109. The van der Waals surface area contributed by atoms with Crippen molar-refractivity contribution in [2.45, 2.75) is 20.4 Å². The third kappa shape index (κ3) is 6.16. The summed E-state index contributed by atoms with van der Waals surface area (Å²) in [5, 5.41) is 5.83. The second kappa shape index (κ2) is 11.9. The van der Waals surface area contributed by atoms with Crippen molar-refractivity contribution in [2.75, 3.05) is 50.9 Å². The minimum absolute atomic E-state index is 0.283. The lowest BCUT2D eigenvalue weighted by Gasteiger charge is -2.36. The largest absolute Gasteiger partial charge is 0.484 e. The van der Waals surface area contributed by atoms with E-state index in [2.05, 4.69) is 14.9 Å². The topological polar surface area (TPSA) is 59.8 Å². The van der Waals surface area contributed by atoms with Crippen LogP contribution in [0, 0.1) is 6.92 Å². The van der Waals surface area contributed by atoms with Gasteiger partial charge in [0.15, 0.2) is 0 Å². The van der Waals surface area contributed by atoms with Crippen LogP contribution in [-0.2, 0) is 11.3 Å². The van der Waals surface area contributed by atoms with Crippen LogP contribution in [0.2, 0.25) is 10.0 Å². The zero-order chi connectivity index (χ0) is 24.8. The first kappa shape index (κ1) is 25.5. The summed E-state index contributed by atoms with van der Waals surface area (Å²) >= 11 is 12.7. The molecule has 9 heteroatoms. The number of nitrogens with zero attached hydrogens (tertiary/aromatic N) is 4. The number of piperazine rings is 1. The molecule has 0 amide bonds. The maximum Gasteiger partial charge on any atom is 0.316 e. The van der Waals surface area contributed by atoms with Gasteiger partial charge in [0.1, 0.15) is 12.3 Å². The van der Waals surface area contributed by atoms with Crippen molar-refractivity contribution < 1.29 is 9.47 Å². The van der Waals surface area contributed by atoms with E-state index >= 15 is 0 Å². The van der Waals surface area contributed by atoms with E-state index in [0.29, 0.717) is 53.5 Å².